The Bertz CT molecular complexity index is 818. The van der Waals surface area contributed by atoms with Gasteiger partial charge in [0.1, 0.15) is 0 Å². The molecule has 1 heterocycles. The fraction of sp³-hybridized carbons (Fsp3) is 0.421. The van der Waals surface area contributed by atoms with E-state index >= 15 is 0 Å². The molecule has 0 spiro atoms. The van der Waals surface area contributed by atoms with Gasteiger partial charge in [0.25, 0.3) is 5.91 Å². The summed E-state index contributed by atoms with van der Waals surface area (Å²) in [6, 6.07) is 13.3. The molecule has 0 saturated heterocycles. The van der Waals surface area contributed by atoms with Gasteiger partial charge >= 0.3 is 0 Å². The van der Waals surface area contributed by atoms with Crippen molar-refractivity contribution in [1.82, 2.24) is 5.32 Å². The normalized spacial score (nSPS) is 21.0. The zero-order valence-corrected chi connectivity index (χ0v) is 15.1. The molecule has 0 bridgehead atoms. The van der Waals surface area contributed by atoms with Crippen molar-refractivity contribution in [2.45, 2.75) is 36.7 Å². The summed E-state index contributed by atoms with van der Waals surface area (Å²) < 4.78 is 27.9. The maximum absolute atomic E-state index is 12.1. The number of sulfone groups is 1. The van der Waals surface area contributed by atoms with E-state index in [1.54, 1.807) is 0 Å². The van der Waals surface area contributed by atoms with Gasteiger partial charge in [0, 0.05) is 12.8 Å². The molecule has 0 unspecified atom stereocenters. The van der Waals surface area contributed by atoms with Crippen LogP contribution in [0.1, 0.15) is 47.7 Å². The summed E-state index contributed by atoms with van der Waals surface area (Å²) in [4.78, 5) is 12.1. The molecule has 1 N–H and O–H groups in total. The molecule has 1 aliphatic rings. The number of amides is 1. The monoisotopic (exact) mass is 361 g/mol. The lowest BCUT2D eigenvalue weighted by molar-refractivity contribution is 0.0910. The van der Waals surface area contributed by atoms with E-state index in [9.17, 15) is 13.2 Å². The lowest BCUT2D eigenvalue weighted by atomic mass is 9.79. The highest BCUT2D eigenvalue weighted by atomic mass is 32.2. The molecule has 25 heavy (non-hydrogen) atoms. The van der Waals surface area contributed by atoms with Crippen molar-refractivity contribution < 1.29 is 17.6 Å². The van der Waals surface area contributed by atoms with Crippen molar-refractivity contribution in [2.75, 3.05) is 12.8 Å². The van der Waals surface area contributed by atoms with E-state index in [0.717, 1.165) is 31.9 Å². The predicted octanol–water partition coefficient (Wildman–Crippen LogP) is 3.39. The third kappa shape index (κ3) is 4.51. The number of hydrogen-bond donors (Lipinski definition) is 1. The summed E-state index contributed by atoms with van der Waals surface area (Å²) in [6.45, 7) is 0.593. The summed E-state index contributed by atoms with van der Waals surface area (Å²) in [5.74, 6) is 0.738. The Balaban J connectivity index is 1.48. The molecule has 1 aromatic carbocycles. The Hall–Kier alpha value is -2.08. The largest absolute Gasteiger partial charge is 0.440 e. The van der Waals surface area contributed by atoms with Gasteiger partial charge in [-0.1, -0.05) is 30.3 Å². The van der Waals surface area contributed by atoms with Crippen molar-refractivity contribution in [2.24, 2.45) is 5.92 Å². The molecule has 1 aliphatic carbocycles. The molecule has 6 heteroatoms. The zero-order chi connectivity index (χ0) is 17.9. The molecule has 1 aromatic heterocycles. The second kappa shape index (κ2) is 7.44. The van der Waals surface area contributed by atoms with E-state index in [-0.39, 0.29) is 16.8 Å². The van der Waals surface area contributed by atoms with Crippen molar-refractivity contribution in [3.8, 4) is 0 Å². The number of rotatable bonds is 5. The van der Waals surface area contributed by atoms with Crippen LogP contribution in [0.2, 0.25) is 0 Å². The Morgan fingerprint density at radius 2 is 1.76 bits per heavy atom. The molecule has 0 aliphatic heterocycles. The van der Waals surface area contributed by atoms with E-state index < -0.39 is 9.84 Å². The molecule has 1 amide bonds. The fourth-order valence-electron chi connectivity index (χ4n) is 3.39. The summed E-state index contributed by atoms with van der Waals surface area (Å²) in [5, 5.41) is 2.68. The molecule has 134 valence electrons. The van der Waals surface area contributed by atoms with E-state index in [1.807, 2.05) is 6.07 Å². The minimum Gasteiger partial charge on any atom is -0.440 e. The van der Waals surface area contributed by atoms with Gasteiger partial charge in [0.2, 0.25) is 14.9 Å². The number of benzene rings is 1. The third-order valence-corrected chi connectivity index (χ3v) is 5.79. The first-order valence-corrected chi connectivity index (χ1v) is 10.5. The highest BCUT2D eigenvalue weighted by Crippen LogP contribution is 2.35. The van der Waals surface area contributed by atoms with Crippen molar-refractivity contribution >= 4 is 15.7 Å². The van der Waals surface area contributed by atoms with Gasteiger partial charge in [-0.3, -0.25) is 4.79 Å². The van der Waals surface area contributed by atoms with Gasteiger partial charge in [-0.15, -0.1) is 0 Å². The van der Waals surface area contributed by atoms with Crippen molar-refractivity contribution in [3.63, 3.8) is 0 Å². The highest BCUT2D eigenvalue weighted by molar-refractivity contribution is 7.90. The molecule has 5 nitrogen and oxygen atoms in total. The van der Waals surface area contributed by atoms with Gasteiger partial charge in [-0.05, 0) is 55.2 Å². The first-order chi connectivity index (χ1) is 11.9. The smallest absolute Gasteiger partial charge is 0.287 e. The van der Waals surface area contributed by atoms with Crippen LogP contribution in [-0.4, -0.2) is 27.1 Å². The molecule has 3 rings (SSSR count). The molecule has 2 aromatic rings. The van der Waals surface area contributed by atoms with Gasteiger partial charge in [-0.25, -0.2) is 8.42 Å². The maximum Gasteiger partial charge on any atom is 0.287 e. The number of carbonyl (C=O) groups is 1. The minimum absolute atomic E-state index is 0.0402. The first-order valence-electron chi connectivity index (χ1n) is 8.56. The summed E-state index contributed by atoms with van der Waals surface area (Å²) >= 11 is 0. The Labute approximate surface area is 148 Å². The van der Waals surface area contributed by atoms with E-state index in [0.29, 0.717) is 18.4 Å². The SMILES string of the molecule is CS(=O)(=O)c1ccc(C(=O)NCC2CCC(c3ccccc3)CC2)o1. The van der Waals surface area contributed by atoms with Gasteiger partial charge < -0.3 is 9.73 Å². The van der Waals surface area contributed by atoms with Crippen LogP contribution in [0.15, 0.2) is 52.0 Å². The number of hydrogen-bond acceptors (Lipinski definition) is 4. The van der Waals surface area contributed by atoms with Crippen LogP contribution in [0, 0.1) is 5.92 Å². The van der Waals surface area contributed by atoms with Crippen molar-refractivity contribution in [1.29, 1.82) is 0 Å². The lowest BCUT2D eigenvalue weighted by Gasteiger charge is -2.28. The zero-order valence-electron chi connectivity index (χ0n) is 14.3. The van der Waals surface area contributed by atoms with Crippen LogP contribution in [0.4, 0.5) is 0 Å². The van der Waals surface area contributed by atoms with Crippen LogP contribution in [0.25, 0.3) is 0 Å². The second-order valence-corrected chi connectivity index (χ2v) is 8.68. The Kier molecular flexibility index (Phi) is 5.27. The topological polar surface area (TPSA) is 76.4 Å². The average molecular weight is 361 g/mol. The number of nitrogens with one attached hydrogen (secondary N) is 1. The fourth-order valence-corrected chi connectivity index (χ4v) is 3.95. The van der Waals surface area contributed by atoms with Gasteiger partial charge in [0.15, 0.2) is 5.76 Å². The third-order valence-electron chi connectivity index (χ3n) is 4.84. The molecule has 1 fully saturated rings. The first kappa shape index (κ1) is 17.7. The van der Waals surface area contributed by atoms with Gasteiger partial charge in [-0.2, -0.15) is 0 Å². The van der Waals surface area contributed by atoms with Crippen molar-refractivity contribution in [3.05, 3.63) is 53.8 Å². The highest BCUT2D eigenvalue weighted by Gasteiger charge is 2.23. The summed E-state index contributed by atoms with van der Waals surface area (Å²) in [7, 11) is -3.43. The standard InChI is InChI=1S/C19H23NO4S/c1-25(22,23)18-12-11-17(24-18)19(21)20-13-14-7-9-16(10-8-14)15-5-3-2-4-6-15/h2-6,11-12,14,16H,7-10,13H2,1H3,(H,20,21). The quantitative estimate of drug-likeness (QED) is 0.886. The van der Waals surface area contributed by atoms with Crippen LogP contribution in [-0.2, 0) is 9.84 Å². The minimum atomic E-state index is -3.43. The van der Waals surface area contributed by atoms with Crippen LogP contribution in [0.5, 0.6) is 0 Å². The summed E-state index contributed by atoms with van der Waals surface area (Å²) in [5.41, 5.74) is 1.40. The van der Waals surface area contributed by atoms with E-state index in [4.69, 9.17) is 4.42 Å². The lowest BCUT2D eigenvalue weighted by Crippen LogP contribution is -2.30. The van der Waals surface area contributed by atoms with E-state index in [2.05, 4.69) is 29.6 Å². The number of carbonyl (C=O) groups excluding carboxylic acids is 1. The second-order valence-electron chi connectivity index (χ2n) is 6.73. The Morgan fingerprint density at radius 3 is 2.36 bits per heavy atom. The van der Waals surface area contributed by atoms with Crippen LogP contribution >= 0.6 is 0 Å². The molecular formula is C19H23NO4S. The molecular weight excluding hydrogens is 338 g/mol. The molecule has 0 atom stereocenters. The predicted molar refractivity (Wildman–Crippen MR) is 95.3 cm³/mol. The molecule has 0 radical (unpaired) electrons. The van der Waals surface area contributed by atoms with Crippen LogP contribution in [0.3, 0.4) is 0 Å². The van der Waals surface area contributed by atoms with Gasteiger partial charge in [0.05, 0.1) is 0 Å². The van der Waals surface area contributed by atoms with Crippen LogP contribution < -0.4 is 5.32 Å². The van der Waals surface area contributed by atoms with E-state index in [1.165, 1.54) is 17.7 Å². The summed E-state index contributed by atoms with van der Waals surface area (Å²) in [6.07, 6.45) is 5.46. The Morgan fingerprint density at radius 1 is 1.08 bits per heavy atom. The average Bonchev–Trinajstić information content (AvgIpc) is 3.11. The number of furan rings is 1. The maximum atomic E-state index is 12.1. The molecule has 1 saturated carbocycles.